The van der Waals surface area contributed by atoms with Crippen LogP contribution in [0, 0.1) is 10.1 Å². The van der Waals surface area contributed by atoms with Crippen molar-refractivity contribution in [1.29, 1.82) is 0 Å². The van der Waals surface area contributed by atoms with Crippen molar-refractivity contribution in [3.05, 3.63) is 81.9 Å². The number of rotatable bonds is 3. The molecule has 2 aromatic rings. The van der Waals surface area contributed by atoms with Crippen LogP contribution in [0.3, 0.4) is 0 Å². The van der Waals surface area contributed by atoms with Crippen LogP contribution in [0.2, 0.25) is 0 Å². The Hall–Kier alpha value is -3.08. The van der Waals surface area contributed by atoms with Crippen molar-refractivity contribution in [2.45, 2.75) is 31.4 Å². The van der Waals surface area contributed by atoms with Crippen LogP contribution in [0.15, 0.2) is 55.1 Å². The van der Waals surface area contributed by atoms with E-state index in [1.54, 1.807) is 18.2 Å². The number of hydrogen-bond donors (Lipinski definition) is 0. The molecule has 2 aliphatic heterocycles. The number of para-hydroxylation sites is 1. The first-order valence-electron chi connectivity index (χ1n) is 8.95. The zero-order valence-electron chi connectivity index (χ0n) is 15.7. The molecule has 1 atom stereocenters. The molecule has 27 heavy (non-hydrogen) atoms. The van der Waals surface area contributed by atoms with Crippen molar-refractivity contribution >= 4 is 17.5 Å². The first-order chi connectivity index (χ1) is 12.8. The molecule has 0 saturated carbocycles. The van der Waals surface area contributed by atoms with Gasteiger partial charge in [0, 0.05) is 36.0 Å². The van der Waals surface area contributed by atoms with Crippen molar-refractivity contribution in [1.82, 2.24) is 0 Å². The maximum atomic E-state index is 11.3. The molecule has 5 nitrogen and oxygen atoms in total. The van der Waals surface area contributed by atoms with Crippen molar-refractivity contribution in [2.75, 3.05) is 11.9 Å². The average Bonchev–Trinajstić information content (AvgIpc) is 2.81. The van der Waals surface area contributed by atoms with E-state index in [4.69, 9.17) is 4.74 Å². The van der Waals surface area contributed by atoms with Crippen LogP contribution in [0.5, 0.6) is 5.75 Å². The molecular formula is C22H22N2O3. The van der Waals surface area contributed by atoms with Crippen LogP contribution in [0.1, 0.15) is 30.5 Å². The summed E-state index contributed by atoms with van der Waals surface area (Å²) in [6.45, 7) is 8.13. The Morgan fingerprint density at radius 3 is 2.70 bits per heavy atom. The summed E-state index contributed by atoms with van der Waals surface area (Å²) < 4.78 is 6.68. The number of nitrogens with zero attached hydrogens (tertiary/aromatic N) is 2. The fraction of sp³-hybridized carbons (Fsp3) is 0.273. The lowest BCUT2D eigenvalue weighted by atomic mass is 9.76. The minimum absolute atomic E-state index is 0.0668. The fourth-order valence-electron chi connectivity index (χ4n) is 4.35. The van der Waals surface area contributed by atoms with E-state index in [1.807, 2.05) is 31.3 Å². The van der Waals surface area contributed by atoms with E-state index in [0.29, 0.717) is 12.2 Å². The standard InChI is InChI=1S/C22H22N2O3/c1-5-8-15-13-17(24(25)26)14-16-11-12-22(27-20(15)16)21(2,3)18-9-6-7-10-19(18)23(22)4/h5-7,9-14H,1,8H2,2-4H3. The molecule has 2 aromatic carbocycles. The molecular weight excluding hydrogens is 340 g/mol. The third kappa shape index (κ3) is 2.24. The maximum absolute atomic E-state index is 11.3. The van der Waals surface area contributed by atoms with Gasteiger partial charge in [-0.1, -0.05) is 24.3 Å². The molecule has 0 aliphatic carbocycles. The van der Waals surface area contributed by atoms with E-state index >= 15 is 0 Å². The van der Waals surface area contributed by atoms with Crippen molar-refractivity contribution in [3.63, 3.8) is 0 Å². The fourth-order valence-corrected chi connectivity index (χ4v) is 4.35. The van der Waals surface area contributed by atoms with Gasteiger partial charge < -0.3 is 9.64 Å². The number of fused-ring (bicyclic) bond motifs is 2. The number of allylic oxidation sites excluding steroid dienone is 1. The van der Waals surface area contributed by atoms with E-state index in [9.17, 15) is 10.1 Å². The van der Waals surface area contributed by atoms with Gasteiger partial charge in [-0.3, -0.25) is 10.1 Å². The zero-order chi connectivity index (χ0) is 19.4. The monoisotopic (exact) mass is 362 g/mol. The molecule has 0 radical (unpaired) electrons. The highest BCUT2D eigenvalue weighted by molar-refractivity contribution is 5.74. The van der Waals surface area contributed by atoms with Gasteiger partial charge in [0.25, 0.3) is 5.69 Å². The second-order valence-electron chi connectivity index (χ2n) is 7.61. The van der Waals surface area contributed by atoms with E-state index in [-0.39, 0.29) is 16.0 Å². The Labute approximate surface area is 158 Å². The molecule has 0 N–H and O–H groups in total. The van der Waals surface area contributed by atoms with Gasteiger partial charge in [0.2, 0.25) is 5.72 Å². The minimum atomic E-state index is -0.699. The third-order valence-corrected chi connectivity index (χ3v) is 5.83. The molecule has 1 unspecified atom stereocenters. The molecule has 0 amide bonds. The molecule has 5 heteroatoms. The number of hydrogen-bond acceptors (Lipinski definition) is 4. The number of non-ortho nitro benzene ring substituents is 1. The van der Waals surface area contributed by atoms with Gasteiger partial charge in [-0.25, -0.2) is 0 Å². The van der Waals surface area contributed by atoms with Gasteiger partial charge >= 0.3 is 0 Å². The van der Waals surface area contributed by atoms with Gasteiger partial charge in [0.05, 0.1) is 10.3 Å². The number of anilines is 1. The van der Waals surface area contributed by atoms with Crippen molar-refractivity contribution in [2.24, 2.45) is 0 Å². The molecule has 2 aliphatic rings. The summed E-state index contributed by atoms with van der Waals surface area (Å²) in [4.78, 5) is 13.1. The van der Waals surface area contributed by atoms with Gasteiger partial charge in [-0.05, 0) is 44.1 Å². The van der Waals surface area contributed by atoms with Gasteiger partial charge in [0.1, 0.15) is 5.75 Å². The highest BCUT2D eigenvalue weighted by atomic mass is 16.6. The summed E-state index contributed by atoms with van der Waals surface area (Å²) in [5.41, 5.74) is 2.91. The Morgan fingerprint density at radius 2 is 2.04 bits per heavy atom. The lowest BCUT2D eigenvalue weighted by Gasteiger charge is -2.46. The number of benzene rings is 2. The van der Waals surface area contributed by atoms with Gasteiger partial charge in [-0.2, -0.15) is 0 Å². The molecule has 1 spiro atoms. The van der Waals surface area contributed by atoms with Crippen LogP contribution in [-0.4, -0.2) is 17.7 Å². The maximum Gasteiger partial charge on any atom is 0.270 e. The average molecular weight is 362 g/mol. The molecule has 2 heterocycles. The summed E-state index contributed by atoms with van der Waals surface area (Å²) in [6.07, 6.45) is 6.22. The van der Waals surface area contributed by atoms with Crippen LogP contribution in [-0.2, 0) is 11.8 Å². The van der Waals surface area contributed by atoms with Crippen LogP contribution in [0.25, 0.3) is 6.08 Å². The second kappa shape index (κ2) is 5.71. The highest BCUT2D eigenvalue weighted by Gasteiger charge is 2.57. The Morgan fingerprint density at radius 1 is 1.30 bits per heavy atom. The quantitative estimate of drug-likeness (QED) is 0.445. The first-order valence-corrected chi connectivity index (χ1v) is 8.95. The lowest BCUT2D eigenvalue weighted by molar-refractivity contribution is -0.385. The second-order valence-corrected chi connectivity index (χ2v) is 7.61. The summed E-state index contributed by atoms with van der Waals surface area (Å²) in [7, 11) is 2.03. The number of nitro groups is 1. The van der Waals surface area contributed by atoms with Crippen molar-refractivity contribution < 1.29 is 9.66 Å². The molecule has 0 aromatic heterocycles. The van der Waals surface area contributed by atoms with Crippen LogP contribution in [0.4, 0.5) is 11.4 Å². The normalized spacial score (nSPS) is 21.5. The number of likely N-dealkylation sites (N-methyl/N-ethyl adjacent to an activating group) is 1. The minimum Gasteiger partial charge on any atom is -0.462 e. The molecule has 0 saturated heterocycles. The molecule has 0 bridgehead atoms. The van der Waals surface area contributed by atoms with E-state index in [1.165, 1.54) is 5.56 Å². The number of nitro benzene ring substituents is 1. The van der Waals surface area contributed by atoms with Crippen LogP contribution < -0.4 is 9.64 Å². The molecule has 0 fully saturated rings. The largest absolute Gasteiger partial charge is 0.462 e. The molecule has 4 rings (SSSR count). The van der Waals surface area contributed by atoms with Crippen LogP contribution >= 0.6 is 0 Å². The zero-order valence-corrected chi connectivity index (χ0v) is 15.7. The summed E-state index contributed by atoms with van der Waals surface area (Å²) in [6, 6.07) is 11.5. The number of ether oxygens (including phenoxy) is 1. The predicted octanol–water partition coefficient (Wildman–Crippen LogP) is 4.85. The lowest BCUT2D eigenvalue weighted by Crippen LogP contribution is -2.58. The summed E-state index contributed by atoms with van der Waals surface area (Å²) in [5.74, 6) is 0.690. The molecule has 138 valence electrons. The van der Waals surface area contributed by atoms with E-state index < -0.39 is 5.72 Å². The van der Waals surface area contributed by atoms with Gasteiger partial charge in [0.15, 0.2) is 0 Å². The Bertz CT molecular complexity index is 993. The third-order valence-electron chi connectivity index (χ3n) is 5.83. The van der Waals surface area contributed by atoms with E-state index in [2.05, 4.69) is 37.5 Å². The predicted molar refractivity (Wildman–Crippen MR) is 107 cm³/mol. The SMILES string of the molecule is C=CCc1cc([N+](=O)[O-])cc2c1OC1(C=C2)N(C)c2ccccc2C1(C)C. The van der Waals surface area contributed by atoms with E-state index in [0.717, 1.165) is 16.8 Å². The first kappa shape index (κ1) is 17.3. The summed E-state index contributed by atoms with van der Waals surface area (Å²) >= 11 is 0. The Balaban J connectivity index is 1.90. The summed E-state index contributed by atoms with van der Waals surface area (Å²) in [5, 5.41) is 11.3. The Kier molecular flexibility index (Phi) is 3.67. The van der Waals surface area contributed by atoms with Gasteiger partial charge in [-0.15, -0.1) is 6.58 Å². The highest BCUT2D eigenvalue weighted by Crippen LogP contribution is 2.54. The topological polar surface area (TPSA) is 55.6 Å². The van der Waals surface area contributed by atoms with Crippen molar-refractivity contribution in [3.8, 4) is 5.75 Å². The smallest absolute Gasteiger partial charge is 0.270 e.